The lowest BCUT2D eigenvalue weighted by molar-refractivity contribution is 0.480. The molecule has 1 aliphatic heterocycles. The number of hydrogen-bond donors (Lipinski definition) is 2. The van der Waals surface area contributed by atoms with Crippen LogP contribution in [0.4, 0.5) is 11.6 Å². The van der Waals surface area contributed by atoms with Crippen molar-refractivity contribution in [1.82, 2.24) is 9.78 Å². The van der Waals surface area contributed by atoms with Crippen LogP contribution in [0, 0.1) is 17.2 Å². The highest BCUT2D eigenvalue weighted by Crippen LogP contribution is 2.27. The summed E-state index contributed by atoms with van der Waals surface area (Å²) >= 11 is 0. The van der Waals surface area contributed by atoms with E-state index in [0.29, 0.717) is 17.3 Å². The smallest absolute Gasteiger partial charge is 0.170 e. The van der Waals surface area contributed by atoms with E-state index < -0.39 is 0 Å². The van der Waals surface area contributed by atoms with Crippen LogP contribution in [0.15, 0.2) is 0 Å². The molecule has 1 saturated heterocycles. The van der Waals surface area contributed by atoms with E-state index in [9.17, 15) is 5.26 Å². The Morgan fingerprint density at radius 3 is 2.60 bits per heavy atom. The van der Waals surface area contributed by atoms with Gasteiger partial charge in [0.05, 0.1) is 0 Å². The fourth-order valence-corrected chi connectivity index (χ4v) is 2.45. The molecule has 6 heteroatoms. The van der Waals surface area contributed by atoms with Crippen molar-refractivity contribution in [2.75, 3.05) is 23.7 Å². The minimum Gasteiger partial charge on any atom is -0.383 e. The second kappa shape index (κ2) is 6.14. The van der Waals surface area contributed by atoms with E-state index in [1.165, 1.54) is 0 Å². The summed E-state index contributed by atoms with van der Waals surface area (Å²) in [6.45, 7) is 6.77. The van der Waals surface area contributed by atoms with Gasteiger partial charge < -0.3 is 16.4 Å². The monoisotopic (exact) mass is 276 g/mol. The van der Waals surface area contributed by atoms with E-state index in [0.717, 1.165) is 44.7 Å². The number of aryl methyl sites for hydroxylation is 1. The lowest BCUT2D eigenvalue weighted by Gasteiger charge is -2.30. The van der Waals surface area contributed by atoms with Gasteiger partial charge in [-0.1, -0.05) is 13.8 Å². The minimum absolute atomic E-state index is 0.261. The lowest BCUT2D eigenvalue weighted by atomic mass is 10.1. The number of piperidine rings is 1. The summed E-state index contributed by atoms with van der Waals surface area (Å²) in [5.41, 5.74) is 12.5. The molecule has 0 unspecified atom stereocenters. The Labute approximate surface area is 120 Å². The predicted octanol–water partition coefficient (Wildman–Crippen LogP) is 1.31. The van der Waals surface area contributed by atoms with E-state index >= 15 is 0 Å². The molecule has 110 valence electrons. The van der Waals surface area contributed by atoms with Crippen molar-refractivity contribution in [3.05, 3.63) is 5.56 Å². The Morgan fingerprint density at radius 2 is 2.05 bits per heavy atom. The maximum atomic E-state index is 9.34. The van der Waals surface area contributed by atoms with Crippen LogP contribution in [0.25, 0.3) is 0 Å². The highest BCUT2D eigenvalue weighted by atomic mass is 15.4. The first kappa shape index (κ1) is 14.7. The van der Waals surface area contributed by atoms with Gasteiger partial charge in [0.25, 0.3) is 0 Å². The zero-order valence-electron chi connectivity index (χ0n) is 12.3. The van der Waals surface area contributed by atoms with Crippen LogP contribution in [0.5, 0.6) is 0 Å². The van der Waals surface area contributed by atoms with Gasteiger partial charge in [-0.15, -0.1) is 0 Å². The first-order valence-electron chi connectivity index (χ1n) is 7.29. The number of aromatic nitrogens is 2. The maximum absolute atomic E-state index is 9.34. The van der Waals surface area contributed by atoms with Crippen molar-refractivity contribution >= 4 is 11.6 Å². The summed E-state index contributed by atoms with van der Waals surface area (Å²) in [7, 11) is 0. The molecule has 1 aliphatic rings. The number of nitrogens with two attached hydrogens (primary N) is 2. The molecule has 4 N–H and O–H groups in total. The van der Waals surface area contributed by atoms with Gasteiger partial charge in [-0.25, -0.2) is 4.68 Å². The number of nitriles is 1. The molecule has 1 aromatic rings. The summed E-state index contributed by atoms with van der Waals surface area (Å²) in [5.74, 6) is 1.79. The molecule has 2 heterocycles. The summed E-state index contributed by atoms with van der Waals surface area (Å²) in [4.78, 5) is 2.13. The molecule has 0 atom stereocenters. The highest BCUT2D eigenvalue weighted by molar-refractivity contribution is 5.65. The third-order valence-corrected chi connectivity index (χ3v) is 3.84. The van der Waals surface area contributed by atoms with E-state index in [1.54, 1.807) is 4.68 Å². The van der Waals surface area contributed by atoms with Crippen LogP contribution < -0.4 is 16.4 Å². The van der Waals surface area contributed by atoms with Gasteiger partial charge in [0.15, 0.2) is 5.82 Å². The SMILES string of the molecule is CC(C)CCn1nc(N2CCC(N)CC2)c(C#N)c1N. The van der Waals surface area contributed by atoms with Gasteiger partial charge in [-0.2, -0.15) is 10.4 Å². The molecule has 20 heavy (non-hydrogen) atoms. The fraction of sp³-hybridized carbons (Fsp3) is 0.714. The molecule has 0 spiro atoms. The minimum atomic E-state index is 0.261. The van der Waals surface area contributed by atoms with Crippen LogP contribution in [-0.4, -0.2) is 28.9 Å². The molecule has 0 radical (unpaired) electrons. The fourth-order valence-electron chi connectivity index (χ4n) is 2.45. The van der Waals surface area contributed by atoms with Crippen molar-refractivity contribution in [3.8, 4) is 6.07 Å². The number of anilines is 2. The zero-order valence-corrected chi connectivity index (χ0v) is 12.3. The van der Waals surface area contributed by atoms with E-state index in [2.05, 4.69) is 29.9 Å². The number of hydrogen-bond acceptors (Lipinski definition) is 5. The average molecular weight is 276 g/mol. The summed E-state index contributed by atoms with van der Waals surface area (Å²) < 4.78 is 1.77. The van der Waals surface area contributed by atoms with Crippen LogP contribution in [-0.2, 0) is 6.54 Å². The maximum Gasteiger partial charge on any atom is 0.170 e. The van der Waals surface area contributed by atoms with Gasteiger partial charge in [0, 0.05) is 25.7 Å². The topological polar surface area (TPSA) is 96.9 Å². The molecule has 0 aromatic carbocycles. The van der Waals surface area contributed by atoms with Gasteiger partial charge in [-0.3, -0.25) is 0 Å². The Bertz CT molecular complexity index is 490. The molecular weight excluding hydrogens is 252 g/mol. The Balaban J connectivity index is 2.20. The molecular formula is C14H24N6. The van der Waals surface area contributed by atoms with Crippen LogP contribution in [0.2, 0.25) is 0 Å². The first-order chi connectivity index (χ1) is 9.52. The molecule has 6 nitrogen and oxygen atoms in total. The average Bonchev–Trinajstić information content (AvgIpc) is 2.73. The number of rotatable bonds is 4. The van der Waals surface area contributed by atoms with Crippen molar-refractivity contribution in [1.29, 1.82) is 5.26 Å². The quantitative estimate of drug-likeness (QED) is 0.864. The molecule has 0 aliphatic carbocycles. The van der Waals surface area contributed by atoms with E-state index in [1.807, 2.05) is 0 Å². The lowest BCUT2D eigenvalue weighted by Crippen LogP contribution is -2.40. The van der Waals surface area contributed by atoms with Crippen molar-refractivity contribution in [2.24, 2.45) is 11.7 Å². The Hall–Kier alpha value is -1.74. The normalized spacial score (nSPS) is 16.6. The highest BCUT2D eigenvalue weighted by Gasteiger charge is 2.24. The van der Waals surface area contributed by atoms with E-state index in [4.69, 9.17) is 11.5 Å². The van der Waals surface area contributed by atoms with Crippen molar-refractivity contribution < 1.29 is 0 Å². The number of nitrogen functional groups attached to an aromatic ring is 1. The summed E-state index contributed by atoms with van der Waals surface area (Å²) in [6, 6.07) is 2.46. The molecule has 0 bridgehead atoms. The summed E-state index contributed by atoms with van der Waals surface area (Å²) in [6.07, 6.45) is 2.87. The molecule has 1 fully saturated rings. The van der Waals surface area contributed by atoms with Crippen LogP contribution in [0.1, 0.15) is 38.7 Å². The van der Waals surface area contributed by atoms with Gasteiger partial charge in [-0.05, 0) is 25.2 Å². The molecule has 0 amide bonds. The molecule has 1 aromatic heterocycles. The molecule has 2 rings (SSSR count). The third-order valence-electron chi connectivity index (χ3n) is 3.84. The molecule has 0 saturated carbocycles. The second-order valence-corrected chi connectivity index (χ2v) is 5.93. The predicted molar refractivity (Wildman–Crippen MR) is 80.2 cm³/mol. The second-order valence-electron chi connectivity index (χ2n) is 5.93. The standard InChI is InChI=1S/C14H24N6/c1-10(2)3-8-20-13(17)12(9-15)14(18-20)19-6-4-11(16)5-7-19/h10-11H,3-8,16-17H2,1-2H3. The largest absolute Gasteiger partial charge is 0.383 e. The van der Waals surface area contributed by atoms with Gasteiger partial charge in [0.1, 0.15) is 17.5 Å². The zero-order chi connectivity index (χ0) is 14.7. The first-order valence-corrected chi connectivity index (χ1v) is 7.29. The Morgan fingerprint density at radius 1 is 1.40 bits per heavy atom. The number of nitrogens with zero attached hydrogens (tertiary/aromatic N) is 4. The van der Waals surface area contributed by atoms with Crippen LogP contribution >= 0.6 is 0 Å². The third kappa shape index (κ3) is 3.05. The van der Waals surface area contributed by atoms with Gasteiger partial charge >= 0.3 is 0 Å². The summed E-state index contributed by atoms with van der Waals surface area (Å²) in [5, 5.41) is 13.9. The van der Waals surface area contributed by atoms with Crippen LogP contribution in [0.3, 0.4) is 0 Å². The van der Waals surface area contributed by atoms with E-state index in [-0.39, 0.29) is 6.04 Å². The Kier molecular flexibility index (Phi) is 4.50. The van der Waals surface area contributed by atoms with Crippen molar-refractivity contribution in [3.63, 3.8) is 0 Å². The van der Waals surface area contributed by atoms with Gasteiger partial charge in [0.2, 0.25) is 0 Å². The van der Waals surface area contributed by atoms with Crippen molar-refractivity contribution in [2.45, 2.75) is 45.7 Å².